The van der Waals surface area contributed by atoms with Crippen molar-refractivity contribution in [2.75, 3.05) is 11.5 Å². The summed E-state index contributed by atoms with van der Waals surface area (Å²) < 4.78 is 27.1. The fourth-order valence-corrected chi connectivity index (χ4v) is 2.95. The second kappa shape index (κ2) is 7.65. The summed E-state index contributed by atoms with van der Waals surface area (Å²) in [6.45, 7) is 7.88. The molecule has 1 N–H and O–H groups in total. The van der Waals surface area contributed by atoms with E-state index in [1.165, 1.54) is 11.8 Å². The molecule has 0 amide bonds. The minimum Gasteiger partial charge on any atom is -0.240 e. The summed E-state index contributed by atoms with van der Waals surface area (Å²) in [4.78, 5) is 0. The zero-order chi connectivity index (χ0) is 11.1. The first-order chi connectivity index (χ1) is 6.43. The Morgan fingerprint density at radius 1 is 1.29 bits per heavy atom. The van der Waals surface area contributed by atoms with Gasteiger partial charge in [0.25, 0.3) is 0 Å². The minimum absolute atomic E-state index is 0.0594. The van der Waals surface area contributed by atoms with Crippen LogP contribution in [0.2, 0.25) is 0 Å². The van der Waals surface area contributed by atoms with Gasteiger partial charge in [-0.05, 0) is 25.5 Å². The normalized spacial score (nSPS) is 16.2. The van der Waals surface area contributed by atoms with Gasteiger partial charge in [-0.3, -0.25) is 0 Å². The lowest BCUT2D eigenvalue weighted by Crippen LogP contribution is -2.32. The van der Waals surface area contributed by atoms with Crippen molar-refractivity contribution in [1.82, 2.24) is 4.72 Å². The molecule has 0 saturated carbocycles. The molecule has 0 bridgehead atoms. The molecule has 0 aliphatic rings. The standard InChI is InChI=1S/C9H20FNOS2/c1-7(2)5-13-6-9(10)14(12)11-8(3)4/h7-9,11H,5-6H2,1-4H3. The maximum Gasteiger partial charge on any atom is 0.197 e. The van der Waals surface area contributed by atoms with Crippen LogP contribution in [0.4, 0.5) is 4.39 Å². The largest absolute Gasteiger partial charge is 0.240 e. The molecule has 0 aliphatic heterocycles. The van der Waals surface area contributed by atoms with Gasteiger partial charge in [0.2, 0.25) is 0 Å². The summed E-state index contributed by atoms with van der Waals surface area (Å²) >= 11 is 1.52. The third kappa shape index (κ3) is 7.76. The van der Waals surface area contributed by atoms with Crippen molar-refractivity contribution < 1.29 is 8.60 Å². The molecule has 0 heterocycles. The molecule has 0 rings (SSSR count). The van der Waals surface area contributed by atoms with Gasteiger partial charge >= 0.3 is 0 Å². The fourth-order valence-electron chi connectivity index (χ4n) is 0.764. The summed E-state index contributed by atoms with van der Waals surface area (Å²) in [5.41, 5.74) is -1.26. The van der Waals surface area contributed by atoms with Crippen molar-refractivity contribution in [2.24, 2.45) is 5.92 Å². The Morgan fingerprint density at radius 2 is 1.86 bits per heavy atom. The molecule has 14 heavy (non-hydrogen) atoms. The second-order valence-electron chi connectivity index (χ2n) is 3.91. The van der Waals surface area contributed by atoms with E-state index in [2.05, 4.69) is 18.6 Å². The second-order valence-corrected chi connectivity index (χ2v) is 6.33. The Kier molecular flexibility index (Phi) is 7.86. The van der Waals surface area contributed by atoms with Crippen LogP contribution in [0.25, 0.3) is 0 Å². The lowest BCUT2D eigenvalue weighted by Gasteiger charge is -2.12. The first kappa shape index (κ1) is 14.4. The first-order valence-corrected chi connectivity index (χ1v) is 7.18. The molecule has 0 aromatic heterocycles. The predicted molar refractivity (Wildman–Crippen MR) is 63.5 cm³/mol. The van der Waals surface area contributed by atoms with E-state index < -0.39 is 16.5 Å². The molecular formula is C9H20FNOS2. The first-order valence-electron chi connectivity index (χ1n) is 4.82. The number of alkyl halides is 1. The van der Waals surface area contributed by atoms with E-state index >= 15 is 0 Å². The number of rotatable bonds is 7. The Balaban J connectivity index is 3.62. The number of halogens is 1. The highest BCUT2D eigenvalue weighted by molar-refractivity contribution is 8.00. The maximum atomic E-state index is 13.2. The summed E-state index contributed by atoms with van der Waals surface area (Å²) in [6, 6.07) is 0.0594. The van der Waals surface area contributed by atoms with Gasteiger partial charge in [-0.15, -0.1) is 0 Å². The third-order valence-corrected chi connectivity index (χ3v) is 4.26. The molecule has 0 radical (unpaired) electrons. The van der Waals surface area contributed by atoms with Gasteiger partial charge in [-0.2, -0.15) is 11.8 Å². The molecule has 0 spiro atoms. The highest BCUT2D eigenvalue weighted by Gasteiger charge is 2.16. The minimum atomic E-state index is -1.55. The lowest BCUT2D eigenvalue weighted by molar-refractivity contribution is 0.466. The maximum absolute atomic E-state index is 13.2. The van der Waals surface area contributed by atoms with Crippen molar-refractivity contribution in [3.8, 4) is 0 Å². The van der Waals surface area contributed by atoms with E-state index in [-0.39, 0.29) is 6.04 Å². The van der Waals surface area contributed by atoms with Crippen molar-refractivity contribution in [1.29, 1.82) is 0 Å². The van der Waals surface area contributed by atoms with Crippen LogP contribution in [0.15, 0.2) is 0 Å². The van der Waals surface area contributed by atoms with Gasteiger partial charge in [0.1, 0.15) is 11.0 Å². The Morgan fingerprint density at radius 3 is 2.29 bits per heavy atom. The van der Waals surface area contributed by atoms with Gasteiger partial charge in [-0.1, -0.05) is 13.8 Å². The fraction of sp³-hybridized carbons (Fsp3) is 1.00. The Hall–Kier alpha value is 0.390. The smallest absolute Gasteiger partial charge is 0.197 e. The highest BCUT2D eigenvalue weighted by Crippen LogP contribution is 2.12. The predicted octanol–water partition coefficient (Wildman–Crippen LogP) is 2.33. The SMILES string of the molecule is CC(C)CSCC(F)S(=O)NC(C)C. The molecule has 0 aliphatic carbocycles. The molecule has 5 heteroatoms. The molecule has 86 valence electrons. The van der Waals surface area contributed by atoms with E-state index in [1.807, 2.05) is 13.8 Å². The molecule has 0 aromatic rings. The van der Waals surface area contributed by atoms with Crippen LogP contribution in [0.1, 0.15) is 27.7 Å². The zero-order valence-electron chi connectivity index (χ0n) is 9.25. The van der Waals surface area contributed by atoms with E-state index in [4.69, 9.17) is 0 Å². The molecule has 2 unspecified atom stereocenters. The van der Waals surface area contributed by atoms with E-state index in [1.54, 1.807) is 0 Å². The van der Waals surface area contributed by atoms with Crippen molar-refractivity contribution in [3.05, 3.63) is 0 Å². The average Bonchev–Trinajstić information content (AvgIpc) is 2.01. The molecule has 0 saturated heterocycles. The van der Waals surface area contributed by atoms with Gasteiger partial charge < -0.3 is 0 Å². The van der Waals surface area contributed by atoms with Crippen molar-refractivity contribution >= 4 is 22.7 Å². The van der Waals surface area contributed by atoms with Crippen LogP contribution in [0.5, 0.6) is 0 Å². The van der Waals surface area contributed by atoms with Crippen LogP contribution in [-0.2, 0) is 11.0 Å². The summed E-state index contributed by atoms with van der Waals surface area (Å²) in [5, 5.41) is 0. The Labute approximate surface area is 93.0 Å². The highest BCUT2D eigenvalue weighted by atomic mass is 32.2. The molecule has 2 atom stereocenters. The van der Waals surface area contributed by atoms with Crippen molar-refractivity contribution in [2.45, 2.75) is 39.2 Å². The summed E-state index contributed by atoms with van der Waals surface area (Å²) in [6.07, 6.45) is 0. The third-order valence-electron chi connectivity index (χ3n) is 1.28. The molecule has 2 nitrogen and oxygen atoms in total. The number of hydrogen-bond acceptors (Lipinski definition) is 2. The van der Waals surface area contributed by atoms with E-state index in [9.17, 15) is 8.60 Å². The van der Waals surface area contributed by atoms with Crippen LogP contribution in [-0.4, -0.2) is 27.3 Å². The van der Waals surface area contributed by atoms with Crippen LogP contribution in [0.3, 0.4) is 0 Å². The topological polar surface area (TPSA) is 29.1 Å². The Bertz CT molecular complexity index is 176. The average molecular weight is 241 g/mol. The number of nitrogens with one attached hydrogen (secondary N) is 1. The lowest BCUT2D eigenvalue weighted by atomic mass is 10.3. The van der Waals surface area contributed by atoms with Gasteiger partial charge in [0, 0.05) is 11.8 Å². The monoisotopic (exact) mass is 241 g/mol. The summed E-state index contributed by atoms with van der Waals surface area (Å²) in [5.74, 6) is 1.78. The van der Waals surface area contributed by atoms with Crippen LogP contribution < -0.4 is 4.72 Å². The van der Waals surface area contributed by atoms with Gasteiger partial charge in [0.05, 0.1) is 0 Å². The van der Waals surface area contributed by atoms with Gasteiger partial charge in [-0.25, -0.2) is 13.3 Å². The number of thioether (sulfide) groups is 1. The molecule has 0 fully saturated rings. The molecular weight excluding hydrogens is 221 g/mol. The zero-order valence-corrected chi connectivity index (χ0v) is 10.9. The van der Waals surface area contributed by atoms with Gasteiger partial charge in [0.15, 0.2) is 5.50 Å². The van der Waals surface area contributed by atoms with E-state index in [0.29, 0.717) is 11.7 Å². The quantitative estimate of drug-likeness (QED) is 0.741. The molecule has 0 aromatic carbocycles. The number of hydrogen-bond donors (Lipinski definition) is 1. The van der Waals surface area contributed by atoms with Crippen LogP contribution in [0, 0.1) is 5.92 Å². The van der Waals surface area contributed by atoms with Crippen LogP contribution >= 0.6 is 11.8 Å². The van der Waals surface area contributed by atoms with E-state index in [0.717, 1.165) is 5.75 Å². The summed E-state index contributed by atoms with van der Waals surface area (Å²) in [7, 11) is -1.55. The van der Waals surface area contributed by atoms with Crippen molar-refractivity contribution in [3.63, 3.8) is 0 Å².